The first-order valence-electron chi connectivity index (χ1n) is 12.9. The molecule has 11 nitrogen and oxygen atoms in total. The molecule has 0 bridgehead atoms. The molecule has 6 unspecified atom stereocenters. The van der Waals surface area contributed by atoms with Gasteiger partial charge in [0.25, 0.3) is 17.5 Å². The molecule has 1 saturated carbocycles. The number of alkyl halides is 2. The van der Waals surface area contributed by atoms with E-state index in [1.807, 2.05) is 22.6 Å². The van der Waals surface area contributed by atoms with E-state index in [0.29, 0.717) is 14.7 Å². The van der Waals surface area contributed by atoms with Gasteiger partial charge in [-0.1, -0.05) is 11.6 Å². The Morgan fingerprint density at radius 3 is 2.36 bits per heavy atom. The van der Waals surface area contributed by atoms with Crippen LogP contribution >= 0.6 is 45.8 Å². The largest absolute Gasteiger partial charge is 0.504 e. The number of halogens is 3. The lowest BCUT2D eigenvalue weighted by Crippen LogP contribution is -2.60. The molecule has 2 heterocycles. The number of rotatable bonds is 4. The van der Waals surface area contributed by atoms with Gasteiger partial charge in [-0.3, -0.25) is 39.1 Å². The molecule has 2 aromatic carbocycles. The molecule has 4 amide bonds. The number of nitrogens with zero attached hydrogens (tertiary/aromatic N) is 3. The number of hydrogen-bond donors (Lipinski definition) is 1. The van der Waals surface area contributed by atoms with Gasteiger partial charge in [0, 0.05) is 25.1 Å². The zero-order valence-electron chi connectivity index (χ0n) is 22.0. The number of allylic oxidation sites excluding steroid dienone is 2. The highest BCUT2D eigenvalue weighted by atomic mass is 127. The minimum Gasteiger partial charge on any atom is -0.504 e. The van der Waals surface area contributed by atoms with E-state index < -0.39 is 62.0 Å². The molecule has 2 aliphatic carbocycles. The van der Waals surface area contributed by atoms with Gasteiger partial charge in [0.05, 0.1) is 33.1 Å². The fraction of sp³-hybridized carbons (Fsp3) is 0.357. The highest BCUT2D eigenvalue weighted by Crippen LogP contribution is 2.65. The first kappa shape index (κ1) is 28.9. The fourth-order valence-corrected chi connectivity index (χ4v) is 8.66. The van der Waals surface area contributed by atoms with Crippen LogP contribution in [0.4, 0.5) is 11.4 Å². The van der Waals surface area contributed by atoms with Crippen molar-refractivity contribution in [1.29, 1.82) is 0 Å². The van der Waals surface area contributed by atoms with Crippen molar-refractivity contribution in [2.45, 2.75) is 28.5 Å². The van der Waals surface area contributed by atoms with Crippen LogP contribution in [0.1, 0.15) is 24.3 Å². The van der Waals surface area contributed by atoms with Crippen molar-refractivity contribution in [3.63, 3.8) is 0 Å². The van der Waals surface area contributed by atoms with E-state index in [1.165, 1.54) is 44.5 Å². The zero-order valence-corrected chi connectivity index (χ0v) is 25.7. The first-order chi connectivity index (χ1) is 19.8. The number of phenolic OH excluding ortho intramolecular Hbond substituents is 1. The number of likely N-dealkylation sites (tertiary alicyclic amines) is 1. The van der Waals surface area contributed by atoms with Crippen LogP contribution in [-0.4, -0.2) is 62.5 Å². The van der Waals surface area contributed by atoms with Gasteiger partial charge in [0.15, 0.2) is 21.2 Å². The molecule has 2 aliphatic heterocycles. The van der Waals surface area contributed by atoms with Gasteiger partial charge in [-0.05, 0) is 71.2 Å². The second-order valence-electron chi connectivity index (χ2n) is 10.8. The number of nitro groups is 1. The Hall–Kier alpha value is -3.23. The van der Waals surface area contributed by atoms with Gasteiger partial charge in [0.2, 0.25) is 11.8 Å². The molecule has 0 aromatic heterocycles. The average molecular weight is 726 g/mol. The number of amides is 4. The summed E-state index contributed by atoms with van der Waals surface area (Å²) in [5, 5.41) is 21.6. The highest BCUT2D eigenvalue weighted by molar-refractivity contribution is 14.1. The number of methoxy groups -OCH3 is 1. The maximum atomic E-state index is 14.0. The van der Waals surface area contributed by atoms with Gasteiger partial charge in [-0.15, -0.1) is 23.2 Å². The van der Waals surface area contributed by atoms with Crippen LogP contribution in [-0.2, 0) is 19.2 Å². The number of fused-ring (bicyclic) bond motifs is 4. The van der Waals surface area contributed by atoms with Crippen molar-refractivity contribution >= 4 is 80.8 Å². The third-order valence-electron chi connectivity index (χ3n) is 8.94. The maximum Gasteiger partial charge on any atom is 0.269 e. The number of hydrogen-bond acceptors (Lipinski definition) is 8. The van der Waals surface area contributed by atoms with Gasteiger partial charge in [-0.25, -0.2) is 0 Å². The van der Waals surface area contributed by atoms with E-state index in [2.05, 4.69) is 0 Å². The lowest BCUT2D eigenvalue weighted by atomic mass is 9.56. The van der Waals surface area contributed by atoms with Crippen LogP contribution in [0.15, 0.2) is 48.0 Å². The van der Waals surface area contributed by atoms with Crippen molar-refractivity contribution in [3.05, 3.63) is 67.3 Å². The number of phenols is 1. The van der Waals surface area contributed by atoms with Crippen LogP contribution < -0.4 is 9.64 Å². The molecular weight excluding hydrogens is 704 g/mol. The summed E-state index contributed by atoms with van der Waals surface area (Å²) < 4.78 is 5.76. The number of benzene rings is 2. The molecule has 6 atom stereocenters. The maximum absolute atomic E-state index is 14.0. The molecule has 3 fully saturated rings. The second-order valence-corrected chi connectivity index (χ2v) is 13.2. The minimum atomic E-state index is -1.97. The van der Waals surface area contributed by atoms with E-state index >= 15 is 0 Å². The Morgan fingerprint density at radius 2 is 1.74 bits per heavy atom. The molecule has 0 spiro atoms. The molecule has 0 radical (unpaired) electrons. The van der Waals surface area contributed by atoms with Crippen LogP contribution in [0, 0.1) is 31.4 Å². The molecule has 1 N–H and O–H groups in total. The average Bonchev–Trinajstić information content (AvgIpc) is 3.29. The summed E-state index contributed by atoms with van der Waals surface area (Å²) in [4.78, 5) is 63.4. The number of carbonyl (C=O) groups excluding carboxylic acids is 4. The summed E-state index contributed by atoms with van der Waals surface area (Å²) in [6, 6.07) is 8.27. The second kappa shape index (κ2) is 9.64. The van der Waals surface area contributed by atoms with Crippen molar-refractivity contribution in [2.24, 2.45) is 17.8 Å². The Bertz CT molecular complexity index is 1650. The first-order valence-corrected chi connectivity index (χ1v) is 14.7. The number of imide groups is 2. The standard InChI is InChI=1S/C28H22Cl2IN3O8/c1-32-25(38)27(29)11-17-15(21(28(27,30)26(32)39)12-9-18(31)22(35)19(10-12)42-2)7-8-16-20(17)24(37)33(23(16)36)13-3-5-14(6-4-13)34(40)41/h3-7,9-10,16-17,20-21,35H,8,11H2,1-2H3. The number of non-ortho nitro benzene ring substituents is 1. The lowest BCUT2D eigenvalue weighted by Gasteiger charge is -2.50. The van der Waals surface area contributed by atoms with Gasteiger partial charge in [0.1, 0.15) is 0 Å². The summed E-state index contributed by atoms with van der Waals surface area (Å²) in [6.07, 6.45) is 1.79. The monoisotopic (exact) mass is 725 g/mol. The smallest absolute Gasteiger partial charge is 0.269 e. The van der Waals surface area contributed by atoms with Gasteiger partial charge >= 0.3 is 0 Å². The third-order valence-corrected chi connectivity index (χ3v) is 11.2. The third kappa shape index (κ3) is 3.63. The molecule has 2 aromatic rings. The highest BCUT2D eigenvalue weighted by Gasteiger charge is 2.76. The summed E-state index contributed by atoms with van der Waals surface area (Å²) in [6.45, 7) is 0. The quantitative estimate of drug-likeness (QED) is 0.124. The molecule has 218 valence electrons. The predicted octanol–water partition coefficient (Wildman–Crippen LogP) is 4.11. The molecule has 14 heteroatoms. The molecule has 6 rings (SSSR count). The minimum absolute atomic E-state index is 0.117. The van der Waals surface area contributed by atoms with Gasteiger partial charge in [-0.2, -0.15) is 0 Å². The van der Waals surface area contributed by atoms with Crippen molar-refractivity contribution in [2.75, 3.05) is 19.1 Å². The molecular formula is C28H22Cl2IN3O8. The fourth-order valence-electron chi connectivity index (χ4n) is 7.01. The number of carbonyl (C=O) groups is 4. The number of ether oxygens (including phenoxy) is 1. The van der Waals surface area contributed by atoms with E-state index in [4.69, 9.17) is 27.9 Å². The normalized spacial score (nSPS) is 32.0. The van der Waals surface area contributed by atoms with E-state index in [-0.39, 0.29) is 35.7 Å². The summed E-state index contributed by atoms with van der Waals surface area (Å²) in [5.74, 6) is -5.83. The van der Waals surface area contributed by atoms with Crippen molar-refractivity contribution < 1.29 is 33.9 Å². The Labute approximate surface area is 262 Å². The van der Waals surface area contributed by atoms with Crippen molar-refractivity contribution in [3.8, 4) is 11.5 Å². The van der Waals surface area contributed by atoms with Crippen LogP contribution in [0.2, 0.25) is 0 Å². The van der Waals surface area contributed by atoms with Crippen LogP contribution in [0.5, 0.6) is 11.5 Å². The molecule has 2 saturated heterocycles. The number of aromatic hydroxyl groups is 1. The topological polar surface area (TPSA) is 147 Å². The Morgan fingerprint density at radius 1 is 1.07 bits per heavy atom. The molecule has 4 aliphatic rings. The van der Waals surface area contributed by atoms with E-state index in [9.17, 15) is 34.4 Å². The lowest BCUT2D eigenvalue weighted by molar-refractivity contribution is -0.384. The number of anilines is 1. The summed E-state index contributed by atoms with van der Waals surface area (Å²) in [5.41, 5.74) is 1.04. The SMILES string of the molecule is COc1cc(C2C3=CCC4C(=O)N(c5ccc([N+](=O)[O-])cc5)C(=O)C4C3CC3(Cl)C(=O)N(C)C(=O)C23Cl)cc(I)c1O. The van der Waals surface area contributed by atoms with E-state index in [0.717, 1.165) is 9.80 Å². The van der Waals surface area contributed by atoms with E-state index in [1.54, 1.807) is 12.1 Å². The zero-order chi connectivity index (χ0) is 30.5. The van der Waals surface area contributed by atoms with Crippen LogP contribution in [0.25, 0.3) is 0 Å². The Kier molecular flexibility index (Phi) is 6.63. The predicted molar refractivity (Wildman–Crippen MR) is 158 cm³/mol. The number of nitro benzene ring substituents is 1. The van der Waals surface area contributed by atoms with Gasteiger partial charge < -0.3 is 9.84 Å². The molecule has 42 heavy (non-hydrogen) atoms. The summed E-state index contributed by atoms with van der Waals surface area (Å²) >= 11 is 16.3. The van der Waals surface area contributed by atoms with Crippen molar-refractivity contribution in [1.82, 2.24) is 4.90 Å². The Balaban J connectivity index is 1.50. The summed E-state index contributed by atoms with van der Waals surface area (Å²) in [7, 11) is 2.68. The van der Waals surface area contributed by atoms with Crippen LogP contribution in [0.3, 0.4) is 0 Å².